The van der Waals surface area contributed by atoms with Crippen molar-refractivity contribution in [3.63, 3.8) is 0 Å². The Balaban J connectivity index is 2.69. The molecule has 0 saturated heterocycles. The molecule has 7 heteroatoms. The van der Waals surface area contributed by atoms with Crippen molar-refractivity contribution in [3.05, 3.63) is 0 Å². The fourth-order valence-corrected chi connectivity index (χ4v) is 0.836. The monoisotopic (exact) mass is 170 g/mol. The zero-order valence-electron chi connectivity index (χ0n) is 6.34. The summed E-state index contributed by atoms with van der Waals surface area (Å²) < 4.78 is 0. The molecule has 0 atom stereocenters. The molecule has 0 aliphatic carbocycles. The van der Waals surface area contributed by atoms with Crippen LogP contribution in [0.25, 0.3) is 0 Å². The standard InChI is InChI=1S/C5H10N6O/c6-3(7)2-11-4(10-8)1-9-5(11)12/h1,3H,2,6-8H2. The van der Waals surface area contributed by atoms with E-state index >= 15 is 0 Å². The maximum absolute atomic E-state index is 11.0. The van der Waals surface area contributed by atoms with Crippen molar-refractivity contribution in [2.24, 2.45) is 27.4 Å². The summed E-state index contributed by atoms with van der Waals surface area (Å²) in [6.07, 6.45) is 0.650. The van der Waals surface area contributed by atoms with Crippen LogP contribution in [0.2, 0.25) is 0 Å². The van der Waals surface area contributed by atoms with Gasteiger partial charge < -0.3 is 17.3 Å². The Morgan fingerprint density at radius 1 is 1.67 bits per heavy atom. The molecule has 1 heterocycles. The Morgan fingerprint density at radius 3 is 2.83 bits per heavy atom. The quantitative estimate of drug-likeness (QED) is 0.252. The second-order valence-electron chi connectivity index (χ2n) is 2.30. The summed E-state index contributed by atoms with van der Waals surface area (Å²) >= 11 is 0. The van der Waals surface area contributed by atoms with E-state index in [-0.39, 0.29) is 12.4 Å². The van der Waals surface area contributed by atoms with Crippen LogP contribution in [-0.2, 0) is 0 Å². The molecule has 0 radical (unpaired) electrons. The minimum Gasteiger partial charge on any atom is -0.321 e. The van der Waals surface area contributed by atoms with Crippen LogP contribution in [0.5, 0.6) is 0 Å². The van der Waals surface area contributed by atoms with Gasteiger partial charge in [0, 0.05) is 0 Å². The van der Waals surface area contributed by atoms with E-state index in [4.69, 9.17) is 17.3 Å². The van der Waals surface area contributed by atoms with Crippen molar-refractivity contribution in [2.75, 3.05) is 6.54 Å². The molecule has 0 aromatic heterocycles. The summed E-state index contributed by atoms with van der Waals surface area (Å²) in [4.78, 5) is 15.6. The van der Waals surface area contributed by atoms with Crippen molar-refractivity contribution in [3.8, 4) is 0 Å². The highest BCUT2D eigenvalue weighted by atomic mass is 16.2. The number of carbonyl (C=O) groups excluding carboxylic acids is 1. The van der Waals surface area contributed by atoms with Crippen molar-refractivity contribution < 1.29 is 4.79 Å². The number of hydrogen-bond acceptors (Lipinski definition) is 5. The lowest BCUT2D eigenvalue weighted by atomic mass is 10.4. The topological polar surface area (TPSA) is 123 Å². The second kappa shape index (κ2) is 3.28. The van der Waals surface area contributed by atoms with Crippen LogP contribution in [0.4, 0.5) is 4.79 Å². The first-order valence-corrected chi connectivity index (χ1v) is 3.29. The normalized spacial score (nSPS) is 20.1. The van der Waals surface area contributed by atoms with Gasteiger partial charge in [0.25, 0.3) is 0 Å². The van der Waals surface area contributed by atoms with Crippen LogP contribution in [0.3, 0.4) is 0 Å². The third-order valence-corrected chi connectivity index (χ3v) is 1.32. The lowest BCUT2D eigenvalue weighted by Gasteiger charge is -2.16. The van der Waals surface area contributed by atoms with E-state index in [0.29, 0.717) is 0 Å². The summed E-state index contributed by atoms with van der Waals surface area (Å²) in [6, 6.07) is -0.444. The molecule has 7 nitrogen and oxygen atoms in total. The van der Waals surface area contributed by atoms with Gasteiger partial charge in [-0.05, 0) is 0 Å². The fourth-order valence-electron chi connectivity index (χ4n) is 0.836. The molecule has 0 unspecified atom stereocenters. The van der Waals surface area contributed by atoms with E-state index in [1.807, 2.05) is 0 Å². The SMILES string of the molecule is NN=C1C=NC(=O)N1CC(N)N. The number of hydrazone groups is 1. The average molecular weight is 170 g/mol. The first-order chi connectivity index (χ1) is 5.65. The smallest absolute Gasteiger partial charge is 0.321 e. The Hall–Kier alpha value is -1.47. The predicted octanol–water partition coefficient (Wildman–Crippen LogP) is -1.99. The Morgan fingerprint density at radius 2 is 2.33 bits per heavy atom. The van der Waals surface area contributed by atoms with E-state index in [0.717, 1.165) is 0 Å². The van der Waals surface area contributed by atoms with Gasteiger partial charge in [-0.15, -0.1) is 0 Å². The molecule has 0 aromatic carbocycles. The number of nitrogens with two attached hydrogens (primary N) is 3. The van der Waals surface area contributed by atoms with Crippen LogP contribution < -0.4 is 17.3 Å². The molecule has 12 heavy (non-hydrogen) atoms. The highest BCUT2D eigenvalue weighted by Crippen LogP contribution is 2.01. The number of amides is 2. The largest absolute Gasteiger partial charge is 0.349 e. The number of urea groups is 1. The van der Waals surface area contributed by atoms with Crippen LogP contribution >= 0.6 is 0 Å². The minimum absolute atomic E-state index is 0.162. The first kappa shape index (κ1) is 8.62. The van der Waals surface area contributed by atoms with E-state index < -0.39 is 12.2 Å². The summed E-state index contributed by atoms with van der Waals surface area (Å²) in [7, 11) is 0. The van der Waals surface area contributed by atoms with E-state index in [2.05, 4.69) is 10.1 Å². The lowest BCUT2D eigenvalue weighted by Crippen LogP contribution is -2.46. The third-order valence-electron chi connectivity index (χ3n) is 1.32. The first-order valence-electron chi connectivity index (χ1n) is 3.29. The van der Waals surface area contributed by atoms with Gasteiger partial charge in [-0.2, -0.15) is 10.1 Å². The van der Waals surface area contributed by atoms with Crippen molar-refractivity contribution in [1.82, 2.24) is 4.90 Å². The number of nitrogens with zero attached hydrogens (tertiary/aromatic N) is 3. The number of amidine groups is 1. The van der Waals surface area contributed by atoms with Crippen molar-refractivity contribution >= 4 is 18.1 Å². The molecule has 0 saturated carbocycles. The molecular formula is C5H10N6O. The number of hydrogen-bond donors (Lipinski definition) is 3. The highest BCUT2D eigenvalue weighted by Gasteiger charge is 2.24. The molecule has 0 spiro atoms. The Kier molecular flexibility index (Phi) is 2.36. The molecule has 1 rings (SSSR count). The molecule has 66 valence electrons. The number of aliphatic imine (C=N–C) groups is 1. The van der Waals surface area contributed by atoms with Crippen molar-refractivity contribution in [2.45, 2.75) is 6.17 Å². The lowest BCUT2D eigenvalue weighted by molar-refractivity contribution is 0.230. The third kappa shape index (κ3) is 1.57. The molecule has 0 bridgehead atoms. The van der Waals surface area contributed by atoms with Gasteiger partial charge in [0.2, 0.25) is 0 Å². The van der Waals surface area contributed by atoms with Gasteiger partial charge in [0.05, 0.1) is 18.9 Å². The maximum atomic E-state index is 11.0. The molecule has 1 aliphatic heterocycles. The summed E-state index contributed by atoms with van der Waals surface area (Å²) in [5.74, 6) is 5.26. The minimum atomic E-state index is -0.618. The van der Waals surface area contributed by atoms with Crippen LogP contribution in [0.1, 0.15) is 0 Å². The van der Waals surface area contributed by atoms with Gasteiger partial charge in [-0.25, -0.2) is 4.79 Å². The van der Waals surface area contributed by atoms with E-state index in [9.17, 15) is 4.79 Å². The molecule has 1 aliphatic rings. The zero-order valence-corrected chi connectivity index (χ0v) is 6.34. The molecule has 0 aromatic rings. The van der Waals surface area contributed by atoms with Gasteiger partial charge in [-0.1, -0.05) is 0 Å². The van der Waals surface area contributed by atoms with Crippen LogP contribution in [0.15, 0.2) is 10.1 Å². The Labute approximate surface area is 68.9 Å². The zero-order chi connectivity index (χ0) is 9.14. The Bertz CT molecular complexity index is 244. The van der Waals surface area contributed by atoms with Gasteiger partial charge in [0.15, 0.2) is 5.84 Å². The average Bonchev–Trinajstić information content (AvgIpc) is 2.32. The van der Waals surface area contributed by atoms with Gasteiger partial charge in [0.1, 0.15) is 0 Å². The molecule has 6 N–H and O–H groups in total. The van der Waals surface area contributed by atoms with E-state index in [1.54, 1.807) is 0 Å². The van der Waals surface area contributed by atoms with Crippen LogP contribution in [0, 0.1) is 0 Å². The number of carbonyl (C=O) groups is 1. The number of rotatable bonds is 2. The summed E-state index contributed by atoms with van der Waals surface area (Å²) in [6.45, 7) is 0.162. The van der Waals surface area contributed by atoms with Gasteiger partial charge >= 0.3 is 6.03 Å². The second-order valence-corrected chi connectivity index (χ2v) is 2.30. The highest BCUT2D eigenvalue weighted by molar-refractivity contribution is 6.38. The molecule has 2 amide bonds. The van der Waals surface area contributed by atoms with Gasteiger partial charge in [-0.3, -0.25) is 4.90 Å². The van der Waals surface area contributed by atoms with Crippen LogP contribution in [-0.4, -0.2) is 35.7 Å². The molecule has 0 fully saturated rings. The maximum Gasteiger partial charge on any atom is 0.349 e. The van der Waals surface area contributed by atoms with E-state index in [1.165, 1.54) is 11.1 Å². The summed E-state index contributed by atoms with van der Waals surface area (Å²) in [5.41, 5.74) is 10.6. The predicted molar refractivity (Wildman–Crippen MR) is 44.4 cm³/mol. The van der Waals surface area contributed by atoms with Crippen molar-refractivity contribution in [1.29, 1.82) is 0 Å². The summed E-state index contributed by atoms with van der Waals surface area (Å²) in [5, 5.41) is 3.33. The fraction of sp³-hybridized carbons (Fsp3) is 0.400. The molecular weight excluding hydrogens is 160 g/mol.